The van der Waals surface area contributed by atoms with Gasteiger partial charge in [-0.05, 0) is 52.0 Å². The van der Waals surface area contributed by atoms with Gasteiger partial charge in [-0.2, -0.15) is 0 Å². The zero-order chi connectivity index (χ0) is 16.3. The molecule has 1 fully saturated rings. The molecule has 1 unspecified atom stereocenters. The zero-order valence-corrected chi connectivity index (χ0v) is 13.7. The number of anilines is 1. The predicted octanol–water partition coefficient (Wildman–Crippen LogP) is 2.33. The Morgan fingerprint density at radius 1 is 1.27 bits per heavy atom. The van der Waals surface area contributed by atoms with E-state index in [0.717, 1.165) is 13.1 Å². The number of hydrogen-bond donors (Lipinski definition) is 1. The molecule has 1 atom stereocenters. The maximum atomic E-state index is 12.4. The summed E-state index contributed by atoms with van der Waals surface area (Å²) in [4.78, 5) is 25.8. The quantitative estimate of drug-likeness (QED) is 0.867. The van der Waals surface area contributed by atoms with Crippen molar-refractivity contribution in [3.63, 3.8) is 0 Å². The minimum absolute atomic E-state index is 0.0155. The van der Waals surface area contributed by atoms with E-state index in [2.05, 4.69) is 10.2 Å². The van der Waals surface area contributed by atoms with Gasteiger partial charge in [0.05, 0.1) is 18.2 Å². The molecule has 1 saturated heterocycles. The van der Waals surface area contributed by atoms with E-state index in [1.54, 1.807) is 24.3 Å². The average Bonchev–Trinajstić information content (AvgIpc) is 2.46. The van der Waals surface area contributed by atoms with Crippen LogP contribution in [0.4, 0.5) is 5.69 Å². The predicted molar refractivity (Wildman–Crippen MR) is 86.1 cm³/mol. The minimum atomic E-state index is -0.226. The Morgan fingerprint density at radius 3 is 2.45 bits per heavy atom. The molecule has 22 heavy (non-hydrogen) atoms. The van der Waals surface area contributed by atoms with Crippen LogP contribution in [0.5, 0.6) is 0 Å². The molecule has 2 rings (SSSR count). The van der Waals surface area contributed by atoms with Gasteiger partial charge in [0.2, 0.25) is 5.91 Å². The summed E-state index contributed by atoms with van der Waals surface area (Å²) in [7, 11) is 0. The summed E-state index contributed by atoms with van der Waals surface area (Å²) in [6.07, 6.45) is 0. The lowest BCUT2D eigenvalue weighted by Gasteiger charge is -2.40. The molecule has 1 aliphatic heterocycles. The number of hydrogen-bond acceptors (Lipinski definition) is 4. The first-order valence-corrected chi connectivity index (χ1v) is 7.58. The van der Waals surface area contributed by atoms with E-state index >= 15 is 0 Å². The molecule has 0 spiro atoms. The van der Waals surface area contributed by atoms with Gasteiger partial charge in [0.15, 0.2) is 5.78 Å². The number of carbonyl (C=O) groups is 2. The van der Waals surface area contributed by atoms with Gasteiger partial charge in [-0.25, -0.2) is 0 Å². The van der Waals surface area contributed by atoms with E-state index in [0.29, 0.717) is 17.9 Å². The highest BCUT2D eigenvalue weighted by Crippen LogP contribution is 2.19. The Balaban J connectivity index is 1.97. The van der Waals surface area contributed by atoms with E-state index in [9.17, 15) is 9.59 Å². The van der Waals surface area contributed by atoms with Crippen molar-refractivity contribution >= 4 is 17.4 Å². The van der Waals surface area contributed by atoms with E-state index in [1.165, 1.54) is 6.92 Å². The van der Waals surface area contributed by atoms with Crippen molar-refractivity contribution in [2.45, 2.75) is 39.3 Å². The van der Waals surface area contributed by atoms with Crippen molar-refractivity contribution in [1.82, 2.24) is 4.90 Å². The summed E-state index contributed by atoms with van der Waals surface area (Å²) in [5.41, 5.74) is 1.12. The molecule has 1 aromatic carbocycles. The van der Waals surface area contributed by atoms with Crippen molar-refractivity contribution in [3.8, 4) is 0 Å². The monoisotopic (exact) mass is 304 g/mol. The lowest BCUT2D eigenvalue weighted by atomic mass is 10.1. The molecule has 0 saturated carbocycles. The second kappa shape index (κ2) is 6.58. The molecule has 1 amide bonds. The van der Waals surface area contributed by atoms with Crippen molar-refractivity contribution in [2.75, 3.05) is 25.0 Å². The standard InChI is InChI=1S/C17H24N2O3/c1-12(19-9-10-22-17(3,4)11-19)16(21)18-15-7-5-14(6-8-15)13(2)20/h5-8,12H,9-11H2,1-4H3,(H,18,21). The van der Waals surface area contributed by atoms with Crippen LogP contribution in [0.2, 0.25) is 0 Å². The summed E-state index contributed by atoms with van der Waals surface area (Å²) in [5, 5.41) is 2.90. The summed E-state index contributed by atoms with van der Waals surface area (Å²) in [5.74, 6) is -0.0323. The molecular weight excluding hydrogens is 280 g/mol. The Labute approximate surface area is 131 Å². The van der Waals surface area contributed by atoms with E-state index < -0.39 is 0 Å². The van der Waals surface area contributed by atoms with Crippen LogP contribution in [0.25, 0.3) is 0 Å². The molecule has 1 aliphatic rings. The first-order valence-electron chi connectivity index (χ1n) is 7.58. The number of ketones is 1. The number of Topliss-reactive ketones (excluding diaryl/α,β-unsaturated/α-hetero) is 1. The number of nitrogens with one attached hydrogen (secondary N) is 1. The number of carbonyl (C=O) groups excluding carboxylic acids is 2. The molecule has 0 aromatic heterocycles. The fourth-order valence-corrected chi connectivity index (χ4v) is 2.58. The Hall–Kier alpha value is -1.72. The van der Waals surface area contributed by atoms with Crippen LogP contribution in [0.15, 0.2) is 24.3 Å². The van der Waals surface area contributed by atoms with Crippen molar-refractivity contribution in [1.29, 1.82) is 0 Å². The van der Waals surface area contributed by atoms with Gasteiger partial charge in [0.25, 0.3) is 0 Å². The van der Waals surface area contributed by atoms with Gasteiger partial charge in [-0.15, -0.1) is 0 Å². The van der Waals surface area contributed by atoms with Crippen LogP contribution in [0.3, 0.4) is 0 Å². The minimum Gasteiger partial charge on any atom is -0.373 e. The Bertz CT molecular complexity index is 552. The molecule has 1 N–H and O–H groups in total. The SMILES string of the molecule is CC(=O)c1ccc(NC(=O)C(C)N2CCOC(C)(C)C2)cc1. The van der Waals surface area contributed by atoms with E-state index in [-0.39, 0.29) is 23.3 Å². The third-order valence-corrected chi connectivity index (χ3v) is 3.94. The van der Waals surface area contributed by atoms with Crippen molar-refractivity contribution in [2.24, 2.45) is 0 Å². The fourth-order valence-electron chi connectivity index (χ4n) is 2.58. The Kier molecular flexibility index (Phi) is 4.98. The lowest BCUT2D eigenvalue weighted by molar-refractivity contribution is -0.129. The van der Waals surface area contributed by atoms with Gasteiger partial charge in [-0.3, -0.25) is 14.5 Å². The highest BCUT2D eigenvalue weighted by molar-refractivity contribution is 5.96. The number of benzene rings is 1. The molecule has 5 heteroatoms. The average molecular weight is 304 g/mol. The maximum Gasteiger partial charge on any atom is 0.241 e. The first kappa shape index (κ1) is 16.6. The summed E-state index contributed by atoms with van der Waals surface area (Å²) in [6.45, 7) is 9.61. The van der Waals surface area contributed by atoms with Crippen LogP contribution in [-0.4, -0.2) is 47.9 Å². The first-order chi connectivity index (χ1) is 10.3. The third kappa shape index (κ3) is 4.15. The molecule has 1 heterocycles. The highest BCUT2D eigenvalue weighted by Gasteiger charge is 2.32. The van der Waals surface area contributed by atoms with E-state index in [1.807, 2.05) is 20.8 Å². The Morgan fingerprint density at radius 2 is 1.91 bits per heavy atom. The van der Waals surface area contributed by atoms with Crippen molar-refractivity contribution < 1.29 is 14.3 Å². The fraction of sp³-hybridized carbons (Fsp3) is 0.529. The zero-order valence-electron chi connectivity index (χ0n) is 13.7. The van der Waals surface area contributed by atoms with Gasteiger partial charge in [0.1, 0.15) is 0 Å². The number of nitrogens with zero attached hydrogens (tertiary/aromatic N) is 1. The molecule has 1 aromatic rings. The number of rotatable bonds is 4. The molecule has 120 valence electrons. The summed E-state index contributed by atoms with van der Waals surface area (Å²) < 4.78 is 5.67. The smallest absolute Gasteiger partial charge is 0.241 e. The topological polar surface area (TPSA) is 58.6 Å². The van der Waals surface area contributed by atoms with Gasteiger partial charge < -0.3 is 10.1 Å². The number of morpholine rings is 1. The largest absolute Gasteiger partial charge is 0.373 e. The molecule has 0 aliphatic carbocycles. The maximum absolute atomic E-state index is 12.4. The molecular formula is C17H24N2O3. The normalized spacial score (nSPS) is 19.5. The van der Waals surface area contributed by atoms with Crippen LogP contribution >= 0.6 is 0 Å². The van der Waals surface area contributed by atoms with Crippen LogP contribution < -0.4 is 5.32 Å². The van der Waals surface area contributed by atoms with Crippen molar-refractivity contribution in [3.05, 3.63) is 29.8 Å². The molecule has 0 bridgehead atoms. The number of ether oxygens (including phenoxy) is 1. The van der Waals surface area contributed by atoms with Crippen LogP contribution in [-0.2, 0) is 9.53 Å². The summed E-state index contributed by atoms with van der Waals surface area (Å²) in [6, 6.07) is 6.73. The summed E-state index contributed by atoms with van der Waals surface area (Å²) >= 11 is 0. The highest BCUT2D eigenvalue weighted by atomic mass is 16.5. The number of amides is 1. The molecule has 5 nitrogen and oxygen atoms in total. The van der Waals surface area contributed by atoms with Gasteiger partial charge >= 0.3 is 0 Å². The molecule has 0 radical (unpaired) electrons. The van der Waals surface area contributed by atoms with Crippen LogP contribution in [0, 0.1) is 0 Å². The second-order valence-corrected chi connectivity index (χ2v) is 6.38. The van der Waals surface area contributed by atoms with E-state index in [4.69, 9.17) is 4.74 Å². The van der Waals surface area contributed by atoms with Crippen LogP contribution in [0.1, 0.15) is 38.1 Å². The van der Waals surface area contributed by atoms with Gasteiger partial charge in [0, 0.05) is 24.3 Å². The lowest BCUT2D eigenvalue weighted by Crippen LogP contribution is -2.54. The second-order valence-electron chi connectivity index (χ2n) is 6.38. The van der Waals surface area contributed by atoms with Gasteiger partial charge in [-0.1, -0.05) is 0 Å². The third-order valence-electron chi connectivity index (χ3n) is 3.94.